The average Bonchev–Trinajstić information content (AvgIpc) is 3.01. The first kappa shape index (κ1) is 12.9. The second kappa shape index (κ2) is 5.13. The molecule has 6 heteroatoms. The molecule has 1 atom stereocenters. The minimum Gasteiger partial charge on any atom is -0.441 e. The van der Waals surface area contributed by atoms with Crippen LogP contribution in [0.15, 0.2) is 22.7 Å². The Morgan fingerprint density at radius 3 is 3.10 bits per heavy atom. The van der Waals surface area contributed by atoms with Gasteiger partial charge in [0.1, 0.15) is 6.10 Å². The third-order valence-electron chi connectivity index (χ3n) is 3.41. The molecule has 1 aliphatic rings. The van der Waals surface area contributed by atoms with Crippen LogP contribution in [-0.2, 0) is 15.9 Å². The van der Waals surface area contributed by atoms with Crippen molar-refractivity contribution < 1.29 is 18.8 Å². The van der Waals surface area contributed by atoms with Crippen molar-refractivity contribution in [3.8, 4) is 0 Å². The highest BCUT2D eigenvalue weighted by molar-refractivity contribution is 5.99. The maximum Gasteiger partial charge on any atom is 0.416 e. The lowest BCUT2D eigenvalue weighted by Gasteiger charge is -2.08. The van der Waals surface area contributed by atoms with Crippen molar-refractivity contribution in [1.29, 1.82) is 0 Å². The molecule has 0 aliphatic carbocycles. The third-order valence-corrected chi connectivity index (χ3v) is 3.41. The summed E-state index contributed by atoms with van der Waals surface area (Å²) in [5, 5.41) is 4.82. The van der Waals surface area contributed by atoms with Crippen molar-refractivity contribution in [3.05, 3.63) is 23.8 Å². The maximum absolute atomic E-state index is 11.9. The van der Waals surface area contributed by atoms with Crippen molar-refractivity contribution in [2.24, 2.45) is 0 Å². The fraction of sp³-hybridized carbons (Fsp3) is 0.429. The van der Waals surface area contributed by atoms with Crippen molar-refractivity contribution in [3.63, 3.8) is 0 Å². The van der Waals surface area contributed by atoms with Gasteiger partial charge in [-0.2, -0.15) is 0 Å². The largest absolute Gasteiger partial charge is 0.441 e. The van der Waals surface area contributed by atoms with Crippen molar-refractivity contribution in [2.75, 3.05) is 25.2 Å². The molecule has 0 radical (unpaired) electrons. The zero-order valence-corrected chi connectivity index (χ0v) is 11.5. The van der Waals surface area contributed by atoms with E-state index in [0.717, 1.165) is 11.8 Å². The van der Waals surface area contributed by atoms with E-state index >= 15 is 0 Å². The van der Waals surface area contributed by atoms with E-state index in [4.69, 9.17) is 14.0 Å². The number of carbonyl (C=O) groups is 1. The molecule has 1 saturated heterocycles. The van der Waals surface area contributed by atoms with E-state index < -0.39 is 6.09 Å². The van der Waals surface area contributed by atoms with Crippen LogP contribution in [0, 0.1) is 0 Å². The van der Waals surface area contributed by atoms with Crippen LogP contribution in [0.1, 0.15) is 12.5 Å². The number of amides is 1. The van der Waals surface area contributed by atoms with Gasteiger partial charge in [-0.3, -0.25) is 4.90 Å². The third kappa shape index (κ3) is 2.12. The molecule has 0 bridgehead atoms. The van der Waals surface area contributed by atoms with E-state index in [-0.39, 0.29) is 6.10 Å². The molecule has 0 spiro atoms. The summed E-state index contributed by atoms with van der Waals surface area (Å²) in [4.78, 5) is 13.4. The summed E-state index contributed by atoms with van der Waals surface area (Å²) in [6.45, 7) is 2.87. The van der Waals surface area contributed by atoms with Crippen molar-refractivity contribution >= 4 is 22.9 Å². The van der Waals surface area contributed by atoms with Crippen LogP contribution in [-0.4, -0.2) is 37.6 Å². The number of fused-ring (bicyclic) bond motifs is 1. The molecular formula is C14H16N2O4. The summed E-state index contributed by atoms with van der Waals surface area (Å²) >= 11 is 0. The summed E-state index contributed by atoms with van der Waals surface area (Å²) in [7, 11) is 1.58. The van der Waals surface area contributed by atoms with Gasteiger partial charge in [0, 0.05) is 7.11 Å². The molecule has 106 valence electrons. The molecule has 0 N–H and O–H groups in total. The molecule has 1 amide bonds. The average molecular weight is 276 g/mol. The van der Waals surface area contributed by atoms with Gasteiger partial charge in [-0.1, -0.05) is 18.1 Å². The molecule has 1 aromatic carbocycles. The quantitative estimate of drug-likeness (QED) is 0.857. The SMILES string of the molecule is CCc1ccc2c(N3C[C@H](COC)OC3=O)noc2c1. The molecule has 0 saturated carbocycles. The predicted octanol–water partition coefficient (Wildman–Crippen LogP) is 2.36. The molecule has 20 heavy (non-hydrogen) atoms. The van der Waals surface area contributed by atoms with Gasteiger partial charge in [0.15, 0.2) is 11.4 Å². The standard InChI is InChI=1S/C14H16N2O4/c1-3-9-4-5-11-12(6-9)20-15-13(11)16-7-10(8-18-2)19-14(16)17/h4-6,10H,3,7-8H2,1-2H3/t10-/m1/s1. The zero-order chi connectivity index (χ0) is 14.1. The second-order valence-corrected chi connectivity index (χ2v) is 4.76. The van der Waals surface area contributed by atoms with Crippen LogP contribution in [0.5, 0.6) is 0 Å². The lowest BCUT2D eigenvalue weighted by Crippen LogP contribution is -2.26. The Kier molecular flexibility index (Phi) is 3.31. The summed E-state index contributed by atoms with van der Waals surface area (Å²) < 4.78 is 15.5. The highest BCUT2D eigenvalue weighted by Gasteiger charge is 2.35. The Bertz CT molecular complexity index is 637. The fourth-order valence-electron chi connectivity index (χ4n) is 2.35. The Labute approximate surface area is 116 Å². The monoisotopic (exact) mass is 276 g/mol. The number of ether oxygens (including phenoxy) is 2. The summed E-state index contributed by atoms with van der Waals surface area (Å²) in [6.07, 6.45) is 0.240. The maximum atomic E-state index is 11.9. The number of aryl methyl sites for hydroxylation is 1. The number of cyclic esters (lactones) is 1. The van der Waals surface area contributed by atoms with Crippen LogP contribution in [0.2, 0.25) is 0 Å². The molecule has 0 unspecified atom stereocenters. The first-order valence-electron chi connectivity index (χ1n) is 6.58. The smallest absolute Gasteiger partial charge is 0.416 e. The van der Waals surface area contributed by atoms with Crippen LogP contribution in [0.25, 0.3) is 11.0 Å². The Morgan fingerprint density at radius 1 is 1.50 bits per heavy atom. The van der Waals surface area contributed by atoms with Crippen LogP contribution in [0.3, 0.4) is 0 Å². The highest BCUT2D eigenvalue weighted by atomic mass is 16.6. The molecule has 2 heterocycles. The summed E-state index contributed by atoms with van der Waals surface area (Å²) in [5.41, 5.74) is 1.85. The van der Waals surface area contributed by atoms with E-state index in [1.165, 1.54) is 10.5 Å². The van der Waals surface area contributed by atoms with Crippen LogP contribution < -0.4 is 4.90 Å². The number of nitrogens with zero attached hydrogens (tertiary/aromatic N) is 2. The van der Waals surface area contributed by atoms with Gasteiger partial charge in [-0.25, -0.2) is 4.79 Å². The van der Waals surface area contributed by atoms with Gasteiger partial charge in [-0.15, -0.1) is 0 Å². The molecule has 2 aromatic rings. The molecule has 1 aromatic heterocycles. The first-order valence-corrected chi connectivity index (χ1v) is 6.58. The highest BCUT2D eigenvalue weighted by Crippen LogP contribution is 2.30. The van der Waals surface area contributed by atoms with Gasteiger partial charge >= 0.3 is 6.09 Å². The van der Waals surface area contributed by atoms with Crippen molar-refractivity contribution in [2.45, 2.75) is 19.4 Å². The van der Waals surface area contributed by atoms with Gasteiger partial charge in [-0.05, 0) is 24.1 Å². The predicted molar refractivity (Wildman–Crippen MR) is 72.9 cm³/mol. The van der Waals surface area contributed by atoms with E-state index in [0.29, 0.717) is 24.6 Å². The molecule has 1 aliphatic heterocycles. The Morgan fingerprint density at radius 2 is 2.35 bits per heavy atom. The Balaban J connectivity index is 1.92. The first-order chi connectivity index (χ1) is 9.72. The van der Waals surface area contributed by atoms with E-state index in [2.05, 4.69) is 12.1 Å². The number of rotatable bonds is 4. The number of methoxy groups -OCH3 is 1. The molecule has 6 nitrogen and oxygen atoms in total. The second-order valence-electron chi connectivity index (χ2n) is 4.76. The van der Waals surface area contributed by atoms with Crippen LogP contribution >= 0.6 is 0 Å². The number of hydrogen-bond acceptors (Lipinski definition) is 5. The fourth-order valence-corrected chi connectivity index (χ4v) is 2.35. The van der Waals surface area contributed by atoms with E-state index in [1.54, 1.807) is 7.11 Å². The lowest BCUT2D eigenvalue weighted by molar-refractivity contribution is 0.0718. The zero-order valence-electron chi connectivity index (χ0n) is 11.5. The van der Waals surface area contributed by atoms with E-state index in [9.17, 15) is 4.79 Å². The lowest BCUT2D eigenvalue weighted by atomic mass is 10.1. The normalized spacial score (nSPS) is 18.8. The Hall–Kier alpha value is -2.08. The number of anilines is 1. The summed E-state index contributed by atoms with van der Waals surface area (Å²) in [5.74, 6) is 0.506. The molecular weight excluding hydrogens is 260 g/mol. The van der Waals surface area contributed by atoms with Gasteiger partial charge < -0.3 is 14.0 Å². The van der Waals surface area contributed by atoms with Crippen LogP contribution in [0.4, 0.5) is 10.6 Å². The molecule has 1 fully saturated rings. The number of aromatic nitrogens is 1. The minimum atomic E-state index is -0.415. The summed E-state index contributed by atoms with van der Waals surface area (Å²) in [6, 6.07) is 5.88. The number of benzene rings is 1. The van der Waals surface area contributed by atoms with Crippen molar-refractivity contribution in [1.82, 2.24) is 5.16 Å². The minimum absolute atomic E-state index is 0.269. The van der Waals surface area contributed by atoms with Gasteiger partial charge in [0.25, 0.3) is 0 Å². The van der Waals surface area contributed by atoms with E-state index in [1.807, 2.05) is 18.2 Å². The number of carbonyl (C=O) groups excluding carboxylic acids is 1. The molecule has 3 rings (SSSR count). The van der Waals surface area contributed by atoms with Gasteiger partial charge in [0.05, 0.1) is 18.5 Å². The number of hydrogen-bond donors (Lipinski definition) is 0. The topological polar surface area (TPSA) is 64.8 Å². The van der Waals surface area contributed by atoms with Gasteiger partial charge in [0.2, 0.25) is 0 Å².